The van der Waals surface area contributed by atoms with Gasteiger partial charge in [-0.3, -0.25) is 0 Å². The fourth-order valence-corrected chi connectivity index (χ4v) is 1.49. The first-order valence-electron chi connectivity index (χ1n) is 5.47. The molecule has 0 fully saturated rings. The van der Waals surface area contributed by atoms with Gasteiger partial charge in [-0.25, -0.2) is 4.39 Å². The van der Waals surface area contributed by atoms with E-state index in [2.05, 4.69) is 10.2 Å². The van der Waals surface area contributed by atoms with E-state index in [1.807, 2.05) is 13.8 Å². The molecule has 1 aromatic heterocycles. The largest absolute Gasteiger partial charge is 0.419 e. The SMILES string of the molecule is CCC(N)c1nnc(-c2cc(F)ccc2C)o1. The summed E-state index contributed by atoms with van der Waals surface area (Å²) in [6.45, 7) is 3.79. The lowest BCUT2D eigenvalue weighted by Gasteiger charge is -2.02. The highest BCUT2D eigenvalue weighted by molar-refractivity contribution is 5.57. The van der Waals surface area contributed by atoms with E-state index in [1.54, 1.807) is 6.07 Å². The van der Waals surface area contributed by atoms with E-state index < -0.39 is 0 Å². The summed E-state index contributed by atoms with van der Waals surface area (Å²) in [5, 5.41) is 7.76. The van der Waals surface area contributed by atoms with E-state index in [1.165, 1.54) is 12.1 Å². The molecule has 0 saturated carbocycles. The predicted octanol–water partition coefficient (Wildman–Crippen LogP) is 2.59. The molecule has 0 aliphatic carbocycles. The van der Waals surface area contributed by atoms with Crippen molar-refractivity contribution >= 4 is 0 Å². The van der Waals surface area contributed by atoms with Crippen LogP contribution in [0.25, 0.3) is 11.5 Å². The number of hydrogen-bond donors (Lipinski definition) is 1. The summed E-state index contributed by atoms with van der Waals surface area (Å²) in [6.07, 6.45) is 0.712. The Bertz CT molecular complexity index is 524. The molecule has 2 aromatic rings. The highest BCUT2D eigenvalue weighted by Gasteiger charge is 2.15. The van der Waals surface area contributed by atoms with E-state index in [0.29, 0.717) is 23.8 Å². The summed E-state index contributed by atoms with van der Waals surface area (Å²) in [5.41, 5.74) is 7.27. The van der Waals surface area contributed by atoms with E-state index in [4.69, 9.17) is 10.2 Å². The molecule has 1 heterocycles. The van der Waals surface area contributed by atoms with Gasteiger partial charge in [-0.15, -0.1) is 10.2 Å². The van der Waals surface area contributed by atoms with Gasteiger partial charge in [0.2, 0.25) is 11.8 Å². The molecule has 90 valence electrons. The van der Waals surface area contributed by atoms with E-state index >= 15 is 0 Å². The van der Waals surface area contributed by atoms with Crippen LogP contribution in [0.1, 0.15) is 30.8 Å². The normalized spacial score (nSPS) is 12.7. The third kappa shape index (κ3) is 2.34. The van der Waals surface area contributed by atoms with Gasteiger partial charge in [-0.05, 0) is 31.0 Å². The number of nitrogens with zero attached hydrogens (tertiary/aromatic N) is 2. The number of halogens is 1. The Labute approximate surface area is 98.7 Å². The first-order chi connectivity index (χ1) is 8.11. The molecule has 0 aliphatic heterocycles. The molecule has 1 unspecified atom stereocenters. The van der Waals surface area contributed by atoms with Gasteiger partial charge in [0.1, 0.15) is 5.82 Å². The topological polar surface area (TPSA) is 64.9 Å². The van der Waals surface area contributed by atoms with Crippen LogP contribution in [-0.4, -0.2) is 10.2 Å². The zero-order valence-electron chi connectivity index (χ0n) is 9.77. The number of aromatic nitrogens is 2. The molecule has 1 atom stereocenters. The first-order valence-corrected chi connectivity index (χ1v) is 5.47. The minimum Gasteiger partial charge on any atom is -0.419 e. The minimum atomic E-state index is -0.329. The Hall–Kier alpha value is -1.75. The molecule has 0 bridgehead atoms. The summed E-state index contributed by atoms with van der Waals surface area (Å²) in [7, 11) is 0. The molecule has 0 aliphatic rings. The molecule has 5 heteroatoms. The first kappa shape index (κ1) is 11.7. The van der Waals surface area contributed by atoms with Crippen LogP contribution < -0.4 is 5.73 Å². The molecule has 0 amide bonds. The van der Waals surface area contributed by atoms with Crippen LogP contribution in [0.5, 0.6) is 0 Å². The quantitative estimate of drug-likeness (QED) is 0.888. The maximum atomic E-state index is 13.1. The van der Waals surface area contributed by atoms with Crippen molar-refractivity contribution in [1.29, 1.82) is 0 Å². The van der Waals surface area contributed by atoms with Gasteiger partial charge in [0.25, 0.3) is 0 Å². The van der Waals surface area contributed by atoms with Crippen molar-refractivity contribution in [1.82, 2.24) is 10.2 Å². The van der Waals surface area contributed by atoms with Crippen molar-refractivity contribution in [3.05, 3.63) is 35.5 Å². The summed E-state index contributed by atoms with van der Waals surface area (Å²) < 4.78 is 18.6. The Balaban J connectivity index is 2.40. The van der Waals surface area contributed by atoms with Crippen LogP contribution in [0.3, 0.4) is 0 Å². The molecule has 2 rings (SSSR count). The van der Waals surface area contributed by atoms with Crippen LogP contribution in [-0.2, 0) is 0 Å². The molecular weight excluding hydrogens is 221 g/mol. The molecule has 0 spiro atoms. The van der Waals surface area contributed by atoms with Crippen LogP contribution in [0.4, 0.5) is 4.39 Å². The van der Waals surface area contributed by atoms with Crippen molar-refractivity contribution in [2.75, 3.05) is 0 Å². The number of aryl methyl sites for hydroxylation is 1. The maximum Gasteiger partial charge on any atom is 0.248 e. The summed E-state index contributed by atoms with van der Waals surface area (Å²) in [4.78, 5) is 0. The lowest BCUT2D eigenvalue weighted by molar-refractivity contribution is 0.452. The Kier molecular flexibility index (Phi) is 3.19. The second kappa shape index (κ2) is 4.63. The molecule has 2 N–H and O–H groups in total. The van der Waals surface area contributed by atoms with Crippen molar-refractivity contribution < 1.29 is 8.81 Å². The maximum absolute atomic E-state index is 13.1. The van der Waals surface area contributed by atoms with E-state index in [-0.39, 0.29) is 11.9 Å². The third-order valence-corrected chi connectivity index (χ3v) is 2.63. The number of nitrogens with two attached hydrogens (primary N) is 1. The van der Waals surface area contributed by atoms with Crippen LogP contribution >= 0.6 is 0 Å². The average molecular weight is 235 g/mol. The second-order valence-electron chi connectivity index (χ2n) is 3.92. The van der Waals surface area contributed by atoms with Gasteiger partial charge in [0.15, 0.2) is 0 Å². The smallest absolute Gasteiger partial charge is 0.248 e. The van der Waals surface area contributed by atoms with Crippen molar-refractivity contribution in [3.63, 3.8) is 0 Å². The fourth-order valence-electron chi connectivity index (χ4n) is 1.49. The second-order valence-corrected chi connectivity index (χ2v) is 3.92. The predicted molar refractivity (Wildman–Crippen MR) is 61.6 cm³/mol. The van der Waals surface area contributed by atoms with Gasteiger partial charge in [-0.1, -0.05) is 13.0 Å². The number of hydrogen-bond acceptors (Lipinski definition) is 4. The molecule has 0 radical (unpaired) electrons. The highest BCUT2D eigenvalue weighted by Crippen LogP contribution is 2.24. The van der Waals surface area contributed by atoms with E-state index in [9.17, 15) is 4.39 Å². The van der Waals surface area contributed by atoms with Gasteiger partial charge >= 0.3 is 0 Å². The van der Waals surface area contributed by atoms with Gasteiger partial charge in [0, 0.05) is 5.56 Å². The minimum absolute atomic E-state index is 0.273. The Morgan fingerprint density at radius 3 is 2.88 bits per heavy atom. The monoisotopic (exact) mass is 235 g/mol. The fraction of sp³-hybridized carbons (Fsp3) is 0.333. The molecular formula is C12H14FN3O. The van der Waals surface area contributed by atoms with Crippen molar-refractivity contribution in [2.45, 2.75) is 26.3 Å². The Morgan fingerprint density at radius 2 is 2.18 bits per heavy atom. The van der Waals surface area contributed by atoms with Crippen molar-refractivity contribution in [3.8, 4) is 11.5 Å². The Morgan fingerprint density at radius 1 is 1.41 bits per heavy atom. The highest BCUT2D eigenvalue weighted by atomic mass is 19.1. The summed E-state index contributed by atoms with van der Waals surface area (Å²) in [5.74, 6) is 0.359. The standard InChI is InChI=1S/C12H14FN3O/c1-3-10(14)12-16-15-11(17-12)9-6-8(13)5-4-7(9)2/h4-6,10H,3,14H2,1-2H3. The third-order valence-electron chi connectivity index (χ3n) is 2.63. The van der Waals surface area contributed by atoms with Gasteiger partial charge in [0.05, 0.1) is 6.04 Å². The molecule has 17 heavy (non-hydrogen) atoms. The van der Waals surface area contributed by atoms with Crippen LogP contribution in [0, 0.1) is 12.7 Å². The zero-order valence-corrected chi connectivity index (χ0v) is 9.77. The van der Waals surface area contributed by atoms with Crippen LogP contribution in [0.15, 0.2) is 22.6 Å². The summed E-state index contributed by atoms with van der Waals surface area (Å²) in [6, 6.07) is 4.18. The van der Waals surface area contributed by atoms with Crippen LogP contribution in [0.2, 0.25) is 0 Å². The lowest BCUT2D eigenvalue weighted by Crippen LogP contribution is -2.08. The van der Waals surface area contributed by atoms with E-state index in [0.717, 1.165) is 5.56 Å². The molecule has 0 saturated heterocycles. The van der Waals surface area contributed by atoms with Gasteiger partial charge in [-0.2, -0.15) is 0 Å². The zero-order chi connectivity index (χ0) is 12.4. The van der Waals surface area contributed by atoms with Gasteiger partial charge < -0.3 is 10.2 Å². The molecule has 1 aromatic carbocycles. The average Bonchev–Trinajstić information content (AvgIpc) is 2.80. The van der Waals surface area contributed by atoms with Crippen molar-refractivity contribution in [2.24, 2.45) is 5.73 Å². The number of rotatable bonds is 3. The number of benzene rings is 1. The lowest BCUT2D eigenvalue weighted by atomic mass is 10.1. The summed E-state index contributed by atoms with van der Waals surface area (Å²) >= 11 is 0. The molecule has 4 nitrogen and oxygen atoms in total.